The fourth-order valence-corrected chi connectivity index (χ4v) is 2.79. The standard InChI is InChI=1S/C20H18ClN3O/c1-14-5-7-16(8-6-14)13-24-20(21)18(15(2)23-24)9-10-19(25)17-4-3-11-22-12-17/h3-12H,13H2,1-2H3/b10-9+. The molecule has 0 atom stereocenters. The van der Waals surface area contributed by atoms with Crippen LogP contribution in [0.25, 0.3) is 6.08 Å². The van der Waals surface area contributed by atoms with Gasteiger partial charge in [-0.05, 0) is 43.7 Å². The summed E-state index contributed by atoms with van der Waals surface area (Å²) in [6, 6.07) is 11.7. The van der Waals surface area contributed by atoms with E-state index in [1.165, 1.54) is 11.6 Å². The third-order valence-corrected chi connectivity index (χ3v) is 4.31. The van der Waals surface area contributed by atoms with Gasteiger partial charge in [0.05, 0.1) is 12.2 Å². The average molecular weight is 352 g/mol. The number of pyridine rings is 1. The van der Waals surface area contributed by atoms with Gasteiger partial charge in [0.15, 0.2) is 5.78 Å². The van der Waals surface area contributed by atoms with Gasteiger partial charge in [-0.1, -0.05) is 41.4 Å². The van der Waals surface area contributed by atoms with Crippen LogP contribution in [0.15, 0.2) is 54.9 Å². The lowest BCUT2D eigenvalue weighted by Gasteiger charge is -2.04. The van der Waals surface area contributed by atoms with Crippen LogP contribution in [0.1, 0.15) is 32.7 Å². The molecule has 3 aromatic rings. The van der Waals surface area contributed by atoms with E-state index in [-0.39, 0.29) is 5.78 Å². The first kappa shape index (κ1) is 17.1. The Hall–Kier alpha value is -2.72. The van der Waals surface area contributed by atoms with Crippen LogP contribution in [0.3, 0.4) is 0 Å². The third kappa shape index (κ3) is 4.03. The lowest BCUT2D eigenvalue weighted by Crippen LogP contribution is -2.02. The predicted octanol–water partition coefficient (Wildman–Crippen LogP) is 4.49. The van der Waals surface area contributed by atoms with E-state index < -0.39 is 0 Å². The molecular formula is C20H18ClN3O. The van der Waals surface area contributed by atoms with Crippen LogP contribution < -0.4 is 0 Å². The molecule has 4 nitrogen and oxygen atoms in total. The number of aryl methyl sites for hydroxylation is 2. The largest absolute Gasteiger partial charge is 0.289 e. The highest BCUT2D eigenvalue weighted by Crippen LogP contribution is 2.22. The summed E-state index contributed by atoms with van der Waals surface area (Å²) in [6.45, 7) is 4.52. The van der Waals surface area contributed by atoms with Gasteiger partial charge in [0.25, 0.3) is 0 Å². The first-order chi connectivity index (χ1) is 12.0. The van der Waals surface area contributed by atoms with E-state index in [4.69, 9.17) is 11.6 Å². The number of ketones is 1. The molecule has 0 fully saturated rings. The molecule has 0 spiro atoms. The molecule has 0 saturated heterocycles. The smallest absolute Gasteiger partial charge is 0.187 e. The van der Waals surface area contributed by atoms with E-state index in [0.717, 1.165) is 16.8 Å². The Labute approximate surface area is 151 Å². The topological polar surface area (TPSA) is 47.8 Å². The maximum atomic E-state index is 12.2. The van der Waals surface area contributed by atoms with Crippen LogP contribution in [-0.4, -0.2) is 20.5 Å². The number of hydrogen-bond acceptors (Lipinski definition) is 3. The van der Waals surface area contributed by atoms with Gasteiger partial charge in [-0.3, -0.25) is 9.78 Å². The van der Waals surface area contributed by atoms with Gasteiger partial charge < -0.3 is 0 Å². The molecule has 2 aromatic heterocycles. The van der Waals surface area contributed by atoms with Gasteiger partial charge in [-0.15, -0.1) is 0 Å². The van der Waals surface area contributed by atoms with Gasteiger partial charge >= 0.3 is 0 Å². The van der Waals surface area contributed by atoms with Crippen molar-refractivity contribution in [3.8, 4) is 0 Å². The van der Waals surface area contributed by atoms with E-state index in [1.54, 1.807) is 35.3 Å². The Morgan fingerprint density at radius 1 is 1.20 bits per heavy atom. The van der Waals surface area contributed by atoms with Crippen molar-refractivity contribution in [1.29, 1.82) is 0 Å². The first-order valence-corrected chi connectivity index (χ1v) is 8.33. The quantitative estimate of drug-likeness (QED) is 0.502. The Morgan fingerprint density at radius 2 is 1.96 bits per heavy atom. The Kier molecular flexibility index (Phi) is 5.10. The summed E-state index contributed by atoms with van der Waals surface area (Å²) in [7, 11) is 0. The fourth-order valence-electron chi connectivity index (χ4n) is 2.49. The highest BCUT2D eigenvalue weighted by Gasteiger charge is 2.12. The van der Waals surface area contributed by atoms with Crippen molar-refractivity contribution in [1.82, 2.24) is 14.8 Å². The lowest BCUT2D eigenvalue weighted by molar-refractivity contribution is 0.104. The van der Waals surface area contributed by atoms with E-state index in [2.05, 4.69) is 41.3 Å². The van der Waals surface area contributed by atoms with Gasteiger partial charge in [-0.25, -0.2) is 4.68 Å². The number of nitrogens with zero attached hydrogens (tertiary/aromatic N) is 3. The zero-order valence-corrected chi connectivity index (χ0v) is 14.9. The Balaban J connectivity index is 1.81. The van der Waals surface area contributed by atoms with Crippen LogP contribution in [0, 0.1) is 13.8 Å². The summed E-state index contributed by atoms with van der Waals surface area (Å²) in [4.78, 5) is 16.1. The minimum absolute atomic E-state index is 0.116. The summed E-state index contributed by atoms with van der Waals surface area (Å²) in [5.41, 5.74) is 4.42. The van der Waals surface area contributed by atoms with Crippen molar-refractivity contribution < 1.29 is 4.79 Å². The number of hydrogen-bond donors (Lipinski definition) is 0. The monoisotopic (exact) mass is 351 g/mol. The molecule has 0 unspecified atom stereocenters. The van der Waals surface area contributed by atoms with Crippen LogP contribution in [0.5, 0.6) is 0 Å². The van der Waals surface area contributed by atoms with Crippen LogP contribution in [0.4, 0.5) is 0 Å². The predicted molar refractivity (Wildman–Crippen MR) is 99.9 cm³/mol. The maximum Gasteiger partial charge on any atom is 0.187 e. The normalized spacial score (nSPS) is 11.2. The second kappa shape index (κ2) is 7.45. The van der Waals surface area contributed by atoms with E-state index in [9.17, 15) is 4.79 Å². The molecule has 1 aromatic carbocycles. The fraction of sp³-hybridized carbons (Fsp3) is 0.150. The van der Waals surface area contributed by atoms with Gasteiger partial charge in [-0.2, -0.15) is 5.10 Å². The van der Waals surface area contributed by atoms with Gasteiger partial charge in [0, 0.05) is 23.5 Å². The number of allylic oxidation sites excluding steroid dienone is 1. The molecule has 126 valence electrons. The minimum atomic E-state index is -0.116. The molecule has 0 radical (unpaired) electrons. The van der Waals surface area contributed by atoms with Crippen LogP contribution in [0.2, 0.25) is 5.15 Å². The molecule has 0 aliphatic rings. The van der Waals surface area contributed by atoms with Gasteiger partial charge in [0.1, 0.15) is 5.15 Å². The van der Waals surface area contributed by atoms with E-state index in [0.29, 0.717) is 17.3 Å². The number of halogens is 1. The Morgan fingerprint density at radius 3 is 2.64 bits per heavy atom. The summed E-state index contributed by atoms with van der Waals surface area (Å²) < 4.78 is 1.75. The number of benzene rings is 1. The molecule has 2 heterocycles. The number of carbonyl (C=O) groups is 1. The van der Waals surface area contributed by atoms with Crippen molar-refractivity contribution in [2.24, 2.45) is 0 Å². The molecule has 0 N–H and O–H groups in total. The molecule has 0 aliphatic carbocycles. The number of rotatable bonds is 5. The minimum Gasteiger partial charge on any atom is -0.289 e. The van der Waals surface area contributed by atoms with Crippen LogP contribution >= 0.6 is 11.6 Å². The van der Waals surface area contributed by atoms with Crippen LogP contribution in [-0.2, 0) is 6.54 Å². The molecule has 0 amide bonds. The molecule has 0 aliphatic heterocycles. The first-order valence-electron chi connectivity index (χ1n) is 7.95. The molecular weight excluding hydrogens is 334 g/mol. The zero-order valence-electron chi connectivity index (χ0n) is 14.1. The SMILES string of the molecule is Cc1ccc(Cn2nc(C)c(/C=C/C(=O)c3cccnc3)c2Cl)cc1. The summed E-state index contributed by atoms with van der Waals surface area (Å²) in [5, 5.41) is 5.01. The number of carbonyl (C=O) groups excluding carboxylic acids is 1. The van der Waals surface area contributed by atoms with Gasteiger partial charge in [0.2, 0.25) is 0 Å². The highest BCUT2D eigenvalue weighted by atomic mass is 35.5. The molecule has 5 heteroatoms. The second-order valence-corrected chi connectivity index (χ2v) is 6.23. The molecule has 0 saturated carbocycles. The van der Waals surface area contributed by atoms with Crippen molar-refractivity contribution in [3.05, 3.63) is 88.0 Å². The lowest BCUT2D eigenvalue weighted by atomic mass is 10.1. The second-order valence-electron chi connectivity index (χ2n) is 5.87. The van der Waals surface area contributed by atoms with E-state index in [1.807, 2.05) is 6.92 Å². The number of aromatic nitrogens is 3. The average Bonchev–Trinajstić information content (AvgIpc) is 2.89. The van der Waals surface area contributed by atoms with Crippen molar-refractivity contribution in [3.63, 3.8) is 0 Å². The highest BCUT2D eigenvalue weighted by molar-refractivity contribution is 6.31. The Bertz CT molecular complexity index is 912. The maximum absolute atomic E-state index is 12.2. The van der Waals surface area contributed by atoms with Crippen molar-refractivity contribution >= 4 is 23.5 Å². The molecule has 25 heavy (non-hydrogen) atoms. The zero-order chi connectivity index (χ0) is 17.8. The molecule has 3 rings (SSSR count). The molecule has 0 bridgehead atoms. The van der Waals surface area contributed by atoms with Crippen molar-refractivity contribution in [2.45, 2.75) is 20.4 Å². The summed E-state index contributed by atoms with van der Waals surface area (Å²) in [5.74, 6) is -0.116. The summed E-state index contributed by atoms with van der Waals surface area (Å²) >= 11 is 6.47. The third-order valence-electron chi connectivity index (χ3n) is 3.91. The van der Waals surface area contributed by atoms with Crippen molar-refractivity contribution in [2.75, 3.05) is 0 Å². The summed E-state index contributed by atoms with van der Waals surface area (Å²) in [6.07, 6.45) is 6.40. The van der Waals surface area contributed by atoms with E-state index >= 15 is 0 Å².